The molecule has 3 heteroatoms. The van der Waals surface area contributed by atoms with Crippen LogP contribution in [0.3, 0.4) is 0 Å². The quantitative estimate of drug-likeness (QED) is 0.644. The lowest BCUT2D eigenvalue weighted by Crippen LogP contribution is -2.33. The third-order valence-corrected chi connectivity index (χ3v) is 2.46. The number of hydrogen-bond acceptors (Lipinski definition) is 3. The lowest BCUT2D eigenvalue weighted by molar-refractivity contribution is 0.247. The highest BCUT2D eigenvalue weighted by atomic mass is 32.1. The van der Waals surface area contributed by atoms with Crippen molar-refractivity contribution in [3.8, 4) is 0 Å². The minimum atomic E-state index is -0.448. The highest BCUT2D eigenvalue weighted by Crippen LogP contribution is 2.22. The lowest BCUT2D eigenvalue weighted by Gasteiger charge is -2.24. The molecule has 0 aliphatic rings. The molecule has 0 radical (unpaired) electrons. The normalized spacial score (nSPS) is 15.4. The summed E-state index contributed by atoms with van der Waals surface area (Å²) in [6.45, 7) is 2.02. The fourth-order valence-electron chi connectivity index (χ4n) is 1.22. The zero-order valence-corrected chi connectivity index (χ0v) is 8.59. The molecule has 0 heterocycles. The van der Waals surface area contributed by atoms with E-state index in [2.05, 4.69) is 12.6 Å². The van der Waals surface area contributed by atoms with Crippen molar-refractivity contribution in [1.82, 2.24) is 0 Å². The second-order valence-electron chi connectivity index (χ2n) is 3.44. The van der Waals surface area contributed by atoms with Gasteiger partial charge in [-0.1, -0.05) is 12.1 Å². The molecule has 0 aliphatic carbocycles. The number of hydrogen-bond donors (Lipinski definition) is 3. The molecular weight excluding hydrogens is 182 g/mol. The molecule has 1 aromatic rings. The largest absolute Gasteiger partial charge is 0.396 e. The van der Waals surface area contributed by atoms with E-state index in [0.717, 1.165) is 10.5 Å². The second kappa shape index (κ2) is 4.13. The van der Waals surface area contributed by atoms with Crippen molar-refractivity contribution in [3.05, 3.63) is 29.8 Å². The van der Waals surface area contributed by atoms with Crippen molar-refractivity contribution in [3.63, 3.8) is 0 Å². The van der Waals surface area contributed by atoms with Gasteiger partial charge in [0, 0.05) is 17.0 Å². The molecule has 1 unspecified atom stereocenters. The minimum absolute atomic E-state index is 0.107. The number of aliphatic hydroxyl groups is 1. The van der Waals surface area contributed by atoms with E-state index in [9.17, 15) is 0 Å². The minimum Gasteiger partial charge on any atom is -0.396 e. The Bertz CT molecular complexity index is 269. The van der Waals surface area contributed by atoms with Crippen molar-refractivity contribution in [1.29, 1.82) is 0 Å². The van der Waals surface area contributed by atoms with E-state index in [0.29, 0.717) is 6.42 Å². The molecular formula is C10H15NOS. The molecule has 0 saturated heterocycles. The van der Waals surface area contributed by atoms with E-state index >= 15 is 0 Å². The van der Waals surface area contributed by atoms with Gasteiger partial charge in [-0.2, -0.15) is 0 Å². The summed E-state index contributed by atoms with van der Waals surface area (Å²) in [5.74, 6) is 0. The van der Waals surface area contributed by atoms with Crippen LogP contribution in [0.5, 0.6) is 0 Å². The Morgan fingerprint density at radius 1 is 1.38 bits per heavy atom. The van der Waals surface area contributed by atoms with Gasteiger partial charge in [0.1, 0.15) is 0 Å². The van der Waals surface area contributed by atoms with Crippen LogP contribution in [-0.2, 0) is 5.54 Å². The zero-order valence-electron chi connectivity index (χ0n) is 7.70. The van der Waals surface area contributed by atoms with Gasteiger partial charge in [-0.15, -0.1) is 12.6 Å². The standard InChI is InChI=1S/C10H15NOS/c1-10(11,6-7-12)8-2-4-9(13)5-3-8/h2-5,12-13H,6-7,11H2,1H3. The first-order valence-corrected chi connectivity index (χ1v) is 4.70. The highest BCUT2D eigenvalue weighted by molar-refractivity contribution is 7.80. The third-order valence-electron chi connectivity index (χ3n) is 2.16. The Labute approximate surface area is 84.2 Å². The van der Waals surface area contributed by atoms with Crippen molar-refractivity contribution >= 4 is 12.6 Å². The summed E-state index contributed by atoms with van der Waals surface area (Å²) in [6, 6.07) is 7.69. The van der Waals surface area contributed by atoms with Gasteiger partial charge in [0.05, 0.1) is 0 Å². The van der Waals surface area contributed by atoms with Crippen LogP contribution < -0.4 is 5.73 Å². The van der Waals surface area contributed by atoms with E-state index in [1.807, 2.05) is 31.2 Å². The molecule has 13 heavy (non-hydrogen) atoms. The maximum atomic E-state index is 8.82. The van der Waals surface area contributed by atoms with E-state index < -0.39 is 5.54 Å². The van der Waals surface area contributed by atoms with Crippen LogP contribution in [0.15, 0.2) is 29.2 Å². The number of nitrogens with two attached hydrogens (primary N) is 1. The summed E-state index contributed by atoms with van der Waals surface area (Å²) in [5, 5.41) is 8.82. The molecule has 2 nitrogen and oxygen atoms in total. The topological polar surface area (TPSA) is 46.2 Å². The summed E-state index contributed by atoms with van der Waals surface area (Å²) in [7, 11) is 0. The lowest BCUT2D eigenvalue weighted by atomic mass is 9.90. The molecule has 3 N–H and O–H groups in total. The number of rotatable bonds is 3. The van der Waals surface area contributed by atoms with Gasteiger partial charge in [-0.3, -0.25) is 0 Å². The van der Waals surface area contributed by atoms with E-state index in [1.165, 1.54) is 0 Å². The first-order chi connectivity index (χ1) is 6.06. The number of benzene rings is 1. The fraction of sp³-hybridized carbons (Fsp3) is 0.400. The third kappa shape index (κ3) is 2.72. The smallest absolute Gasteiger partial charge is 0.0451 e. The number of aliphatic hydroxyl groups excluding tert-OH is 1. The Morgan fingerprint density at radius 2 is 1.92 bits per heavy atom. The van der Waals surface area contributed by atoms with Crippen molar-refractivity contribution < 1.29 is 5.11 Å². The molecule has 0 aliphatic heterocycles. The van der Waals surface area contributed by atoms with E-state index in [-0.39, 0.29) is 6.61 Å². The van der Waals surface area contributed by atoms with Crippen molar-refractivity contribution in [2.45, 2.75) is 23.8 Å². The molecule has 0 aromatic heterocycles. The summed E-state index contributed by atoms with van der Waals surface area (Å²) in [5.41, 5.74) is 6.59. The maximum absolute atomic E-state index is 8.82. The Morgan fingerprint density at radius 3 is 2.38 bits per heavy atom. The zero-order chi connectivity index (χ0) is 9.90. The summed E-state index contributed by atoms with van der Waals surface area (Å²) in [6.07, 6.45) is 0.568. The maximum Gasteiger partial charge on any atom is 0.0451 e. The van der Waals surface area contributed by atoms with Gasteiger partial charge in [0.15, 0.2) is 0 Å². The van der Waals surface area contributed by atoms with Gasteiger partial charge in [-0.05, 0) is 31.0 Å². The van der Waals surface area contributed by atoms with Crippen molar-refractivity contribution in [2.75, 3.05) is 6.61 Å². The van der Waals surface area contributed by atoms with Crippen LogP contribution in [0.2, 0.25) is 0 Å². The monoisotopic (exact) mass is 197 g/mol. The fourth-order valence-corrected chi connectivity index (χ4v) is 1.37. The van der Waals surface area contributed by atoms with Crippen LogP contribution in [0.25, 0.3) is 0 Å². The summed E-state index contributed by atoms with van der Waals surface area (Å²) in [4.78, 5) is 0.920. The Kier molecular flexibility index (Phi) is 3.36. The Hall–Kier alpha value is -0.510. The van der Waals surface area contributed by atoms with Crippen LogP contribution in [-0.4, -0.2) is 11.7 Å². The molecule has 0 amide bonds. The predicted molar refractivity (Wildman–Crippen MR) is 56.9 cm³/mol. The summed E-state index contributed by atoms with van der Waals surface area (Å²) >= 11 is 4.19. The van der Waals surface area contributed by atoms with Crippen molar-refractivity contribution in [2.24, 2.45) is 5.73 Å². The van der Waals surface area contributed by atoms with Crippen LogP contribution in [0.1, 0.15) is 18.9 Å². The molecule has 1 atom stereocenters. The van der Waals surface area contributed by atoms with E-state index in [1.54, 1.807) is 0 Å². The van der Waals surface area contributed by atoms with E-state index in [4.69, 9.17) is 10.8 Å². The number of thiol groups is 1. The van der Waals surface area contributed by atoms with Gasteiger partial charge in [-0.25, -0.2) is 0 Å². The predicted octanol–water partition coefficient (Wildman–Crippen LogP) is 1.53. The molecule has 1 rings (SSSR count). The Balaban J connectivity index is 2.87. The van der Waals surface area contributed by atoms with Crippen LogP contribution in [0, 0.1) is 0 Å². The average molecular weight is 197 g/mol. The molecule has 72 valence electrons. The van der Waals surface area contributed by atoms with Gasteiger partial charge in [0.2, 0.25) is 0 Å². The average Bonchev–Trinajstić information content (AvgIpc) is 2.05. The van der Waals surface area contributed by atoms with Crippen LogP contribution in [0.4, 0.5) is 0 Å². The second-order valence-corrected chi connectivity index (χ2v) is 3.95. The first kappa shape index (κ1) is 10.6. The van der Waals surface area contributed by atoms with Gasteiger partial charge >= 0.3 is 0 Å². The first-order valence-electron chi connectivity index (χ1n) is 4.25. The summed E-state index contributed by atoms with van der Waals surface area (Å²) < 4.78 is 0. The van der Waals surface area contributed by atoms with Gasteiger partial charge < -0.3 is 10.8 Å². The molecule has 0 saturated carbocycles. The molecule has 0 fully saturated rings. The van der Waals surface area contributed by atoms with Crippen LogP contribution >= 0.6 is 12.6 Å². The molecule has 0 spiro atoms. The molecule has 0 bridgehead atoms. The SMILES string of the molecule is CC(N)(CCO)c1ccc(S)cc1. The van der Waals surface area contributed by atoms with Gasteiger partial charge in [0.25, 0.3) is 0 Å². The highest BCUT2D eigenvalue weighted by Gasteiger charge is 2.19. The molecule has 1 aromatic carbocycles.